The summed E-state index contributed by atoms with van der Waals surface area (Å²) in [6, 6.07) is 7.67. The van der Waals surface area contributed by atoms with Gasteiger partial charge in [0.05, 0.1) is 18.4 Å². The molecule has 6 nitrogen and oxygen atoms in total. The second kappa shape index (κ2) is 4.64. The average molecular weight is 260 g/mol. The molecule has 0 spiro atoms. The molecule has 98 valence electrons. The number of carboxylic acids is 1. The lowest BCUT2D eigenvalue weighted by Crippen LogP contribution is -2.32. The number of anilines is 1. The zero-order valence-electron chi connectivity index (χ0n) is 10.1. The van der Waals surface area contributed by atoms with E-state index >= 15 is 0 Å². The van der Waals surface area contributed by atoms with Gasteiger partial charge in [-0.05, 0) is 12.1 Å². The first-order valence-corrected chi connectivity index (χ1v) is 5.89. The van der Waals surface area contributed by atoms with E-state index in [0.717, 1.165) is 11.4 Å². The molecule has 0 radical (unpaired) electrons. The van der Waals surface area contributed by atoms with Crippen molar-refractivity contribution >= 4 is 11.7 Å². The van der Waals surface area contributed by atoms with E-state index in [1.807, 2.05) is 24.3 Å². The highest BCUT2D eigenvalue weighted by Crippen LogP contribution is 2.32. The average Bonchev–Trinajstić information content (AvgIpc) is 2.87. The Labute approximate surface area is 109 Å². The summed E-state index contributed by atoms with van der Waals surface area (Å²) >= 11 is 0. The molecule has 2 heterocycles. The number of rotatable bonds is 3. The molecule has 0 fully saturated rings. The van der Waals surface area contributed by atoms with Crippen molar-refractivity contribution in [3.8, 4) is 5.75 Å². The molecular formula is C13H12N2O4. The Hall–Kier alpha value is -2.50. The van der Waals surface area contributed by atoms with Crippen LogP contribution in [0.3, 0.4) is 0 Å². The van der Waals surface area contributed by atoms with Crippen LogP contribution in [-0.2, 0) is 6.54 Å². The second-order valence-electron chi connectivity index (χ2n) is 4.22. The van der Waals surface area contributed by atoms with Crippen molar-refractivity contribution in [2.24, 2.45) is 0 Å². The van der Waals surface area contributed by atoms with Gasteiger partial charge in [-0.3, -0.25) is 0 Å². The number of aromatic carboxylic acids is 1. The first-order chi connectivity index (χ1) is 9.25. The maximum absolute atomic E-state index is 11.0. The largest absolute Gasteiger partial charge is 0.490 e. The SMILES string of the molecule is O=C(O)c1oncc1CN1CCOc2ccccc21. The maximum atomic E-state index is 11.0. The summed E-state index contributed by atoms with van der Waals surface area (Å²) in [5.41, 5.74) is 1.51. The monoisotopic (exact) mass is 260 g/mol. The third-order valence-corrected chi connectivity index (χ3v) is 3.02. The van der Waals surface area contributed by atoms with Gasteiger partial charge in [0, 0.05) is 12.1 Å². The zero-order chi connectivity index (χ0) is 13.2. The molecule has 0 bridgehead atoms. The quantitative estimate of drug-likeness (QED) is 0.906. The van der Waals surface area contributed by atoms with Crippen LogP contribution in [0.1, 0.15) is 16.1 Å². The second-order valence-corrected chi connectivity index (χ2v) is 4.22. The van der Waals surface area contributed by atoms with Gasteiger partial charge in [0.2, 0.25) is 5.76 Å². The van der Waals surface area contributed by atoms with Crippen LogP contribution in [0, 0.1) is 0 Å². The first-order valence-electron chi connectivity index (χ1n) is 5.89. The van der Waals surface area contributed by atoms with Gasteiger partial charge in [-0.1, -0.05) is 17.3 Å². The lowest BCUT2D eigenvalue weighted by Gasteiger charge is -2.30. The Morgan fingerprint density at radius 3 is 3.11 bits per heavy atom. The molecule has 1 aliphatic heterocycles. The first kappa shape index (κ1) is 11.6. The van der Waals surface area contributed by atoms with Gasteiger partial charge < -0.3 is 19.3 Å². The standard InChI is InChI=1S/C13H12N2O4/c16-13(17)12-9(7-14-19-12)8-15-5-6-18-11-4-2-1-3-10(11)15/h1-4,7H,5-6,8H2,(H,16,17). The van der Waals surface area contributed by atoms with E-state index < -0.39 is 5.97 Å². The maximum Gasteiger partial charge on any atom is 0.375 e. The number of carboxylic acid groups (broad SMARTS) is 1. The minimum atomic E-state index is -1.10. The molecule has 1 N–H and O–H groups in total. The van der Waals surface area contributed by atoms with Crippen molar-refractivity contribution in [1.29, 1.82) is 0 Å². The lowest BCUT2D eigenvalue weighted by molar-refractivity contribution is 0.0650. The van der Waals surface area contributed by atoms with Crippen LogP contribution in [0.15, 0.2) is 35.0 Å². The van der Waals surface area contributed by atoms with Crippen LogP contribution in [-0.4, -0.2) is 29.4 Å². The highest BCUT2D eigenvalue weighted by Gasteiger charge is 2.22. The van der Waals surface area contributed by atoms with E-state index in [2.05, 4.69) is 10.1 Å². The summed E-state index contributed by atoms with van der Waals surface area (Å²) in [6.07, 6.45) is 1.45. The van der Waals surface area contributed by atoms with Crippen LogP contribution in [0.2, 0.25) is 0 Å². The molecule has 2 aromatic rings. The topological polar surface area (TPSA) is 75.8 Å². The molecule has 0 amide bonds. The molecule has 1 aromatic carbocycles. The number of benzene rings is 1. The lowest BCUT2D eigenvalue weighted by atomic mass is 10.2. The fourth-order valence-electron chi connectivity index (χ4n) is 2.15. The Balaban J connectivity index is 1.89. The number of hydrogen-bond acceptors (Lipinski definition) is 5. The summed E-state index contributed by atoms with van der Waals surface area (Å²) in [4.78, 5) is 13.0. The smallest absolute Gasteiger partial charge is 0.375 e. The van der Waals surface area contributed by atoms with Crippen molar-refractivity contribution < 1.29 is 19.2 Å². The Bertz CT molecular complexity index is 608. The normalized spacial score (nSPS) is 13.8. The zero-order valence-corrected chi connectivity index (χ0v) is 10.1. The summed E-state index contributed by atoms with van der Waals surface area (Å²) in [5.74, 6) is -0.403. The van der Waals surface area contributed by atoms with Crippen LogP contribution >= 0.6 is 0 Å². The van der Waals surface area contributed by atoms with Gasteiger partial charge in [0.25, 0.3) is 0 Å². The molecular weight excluding hydrogens is 248 g/mol. The van der Waals surface area contributed by atoms with Gasteiger partial charge in [0.1, 0.15) is 12.4 Å². The minimum Gasteiger partial charge on any atom is -0.490 e. The van der Waals surface area contributed by atoms with E-state index in [4.69, 9.17) is 14.4 Å². The van der Waals surface area contributed by atoms with Gasteiger partial charge >= 0.3 is 5.97 Å². The number of hydrogen-bond donors (Lipinski definition) is 1. The molecule has 1 aliphatic rings. The summed E-state index contributed by atoms with van der Waals surface area (Å²) in [6.45, 7) is 1.71. The van der Waals surface area contributed by atoms with Gasteiger partial charge in [-0.15, -0.1) is 0 Å². The van der Waals surface area contributed by atoms with Crippen molar-refractivity contribution in [3.05, 3.63) is 41.8 Å². The third kappa shape index (κ3) is 2.12. The predicted molar refractivity (Wildman–Crippen MR) is 66.4 cm³/mol. The molecule has 19 heavy (non-hydrogen) atoms. The number of nitrogens with zero attached hydrogens (tertiary/aromatic N) is 2. The van der Waals surface area contributed by atoms with Crippen molar-refractivity contribution in [3.63, 3.8) is 0 Å². The number of ether oxygens (including phenoxy) is 1. The summed E-state index contributed by atoms with van der Waals surface area (Å²) < 4.78 is 10.3. The summed E-state index contributed by atoms with van der Waals surface area (Å²) in [7, 11) is 0. The molecule has 0 aliphatic carbocycles. The molecule has 0 saturated heterocycles. The molecule has 1 aromatic heterocycles. The van der Waals surface area contributed by atoms with Gasteiger partial charge in [-0.2, -0.15) is 0 Å². The predicted octanol–water partition coefficient (Wildman–Crippen LogP) is 1.77. The molecule has 3 rings (SSSR count). The molecule has 6 heteroatoms. The Morgan fingerprint density at radius 1 is 1.42 bits per heavy atom. The van der Waals surface area contributed by atoms with Gasteiger partial charge in [0.15, 0.2) is 0 Å². The fraction of sp³-hybridized carbons (Fsp3) is 0.231. The van der Waals surface area contributed by atoms with E-state index in [-0.39, 0.29) is 5.76 Å². The Kier molecular flexibility index (Phi) is 2.83. The van der Waals surface area contributed by atoms with Gasteiger partial charge in [-0.25, -0.2) is 4.79 Å². The van der Waals surface area contributed by atoms with Crippen molar-refractivity contribution in [2.75, 3.05) is 18.1 Å². The molecule has 0 saturated carbocycles. The van der Waals surface area contributed by atoms with Crippen LogP contribution in [0.4, 0.5) is 5.69 Å². The highest BCUT2D eigenvalue weighted by atomic mass is 16.5. The van der Waals surface area contributed by atoms with Crippen molar-refractivity contribution in [2.45, 2.75) is 6.54 Å². The highest BCUT2D eigenvalue weighted by molar-refractivity contribution is 5.86. The van der Waals surface area contributed by atoms with E-state index in [0.29, 0.717) is 25.3 Å². The Morgan fingerprint density at radius 2 is 2.26 bits per heavy atom. The van der Waals surface area contributed by atoms with E-state index in [9.17, 15) is 4.79 Å². The minimum absolute atomic E-state index is 0.107. The van der Waals surface area contributed by atoms with Crippen LogP contribution in [0.25, 0.3) is 0 Å². The molecule has 0 unspecified atom stereocenters. The number of carbonyl (C=O) groups is 1. The number of para-hydroxylation sites is 2. The van der Waals surface area contributed by atoms with E-state index in [1.165, 1.54) is 6.20 Å². The third-order valence-electron chi connectivity index (χ3n) is 3.02. The number of fused-ring (bicyclic) bond motifs is 1. The van der Waals surface area contributed by atoms with Crippen molar-refractivity contribution in [1.82, 2.24) is 5.16 Å². The molecule has 0 atom stereocenters. The van der Waals surface area contributed by atoms with Crippen LogP contribution < -0.4 is 9.64 Å². The van der Waals surface area contributed by atoms with Crippen LogP contribution in [0.5, 0.6) is 5.75 Å². The summed E-state index contributed by atoms with van der Waals surface area (Å²) in [5, 5.41) is 12.6. The number of aromatic nitrogens is 1. The fourth-order valence-corrected chi connectivity index (χ4v) is 2.15. The van der Waals surface area contributed by atoms with E-state index in [1.54, 1.807) is 0 Å².